The molecule has 0 bridgehead atoms. The van der Waals surface area contributed by atoms with Gasteiger partial charge in [0.25, 0.3) is 0 Å². The van der Waals surface area contributed by atoms with Gasteiger partial charge in [0.1, 0.15) is 0 Å². The largest absolute Gasteiger partial charge is 0.388 e. The van der Waals surface area contributed by atoms with Gasteiger partial charge < -0.3 is 5.11 Å². The Bertz CT molecular complexity index is 325. The molecule has 1 N–H and O–H groups in total. The summed E-state index contributed by atoms with van der Waals surface area (Å²) in [6.07, 6.45) is 4.53. The lowest BCUT2D eigenvalue weighted by Gasteiger charge is -2.18. The number of aliphatic hydroxyl groups is 1. The third kappa shape index (κ3) is 2.83. The molecule has 3 heteroatoms. The number of hydrogen-bond acceptors (Lipinski definition) is 1. The van der Waals surface area contributed by atoms with Gasteiger partial charge >= 0.3 is 0 Å². The summed E-state index contributed by atoms with van der Waals surface area (Å²) in [7, 11) is 0. The maximum Gasteiger partial charge on any atom is 0.0818 e. The van der Waals surface area contributed by atoms with E-state index < -0.39 is 0 Å². The molecular weight excluding hydrogens is 320 g/mol. The predicted octanol–water partition coefficient (Wildman–Crippen LogP) is 4.44. The second kappa shape index (κ2) is 4.98. The van der Waals surface area contributed by atoms with Crippen molar-refractivity contribution in [2.24, 2.45) is 5.92 Å². The zero-order valence-corrected chi connectivity index (χ0v) is 11.6. The Labute approximate surface area is 107 Å². The van der Waals surface area contributed by atoms with Crippen LogP contribution in [0.3, 0.4) is 0 Å². The van der Waals surface area contributed by atoms with Gasteiger partial charge in [-0.1, -0.05) is 44.7 Å². The van der Waals surface area contributed by atoms with E-state index in [2.05, 4.69) is 31.9 Å². The summed E-state index contributed by atoms with van der Waals surface area (Å²) in [5.74, 6) is 0.450. The molecule has 1 fully saturated rings. The van der Waals surface area contributed by atoms with Crippen molar-refractivity contribution in [3.05, 3.63) is 32.7 Å². The molecule has 0 spiro atoms. The van der Waals surface area contributed by atoms with Crippen LogP contribution in [0.15, 0.2) is 27.1 Å². The lowest BCUT2D eigenvalue weighted by atomic mass is 9.95. The number of halogens is 2. The molecule has 1 aliphatic rings. The van der Waals surface area contributed by atoms with Crippen molar-refractivity contribution in [1.29, 1.82) is 0 Å². The Morgan fingerprint density at radius 2 is 1.60 bits per heavy atom. The molecule has 1 saturated carbocycles. The Morgan fingerprint density at radius 1 is 1.07 bits per heavy atom. The molecule has 1 aromatic rings. The van der Waals surface area contributed by atoms with Gasteiger partial charge in [0, 0.05) is 8.95 Å². The van der Waals surface area contributed by atoms with E-state index >= 15 is 0 Å². The van der Waals surface area contributed by atoms with E-state index in [1.807, 2.05) is 18.2 Å². The summed E-state index contributed by atoms with van der Waals surface area (Å²) >= 11 is 6.90. The van der Waals surface area contributed by atoms with Gasteiger partial charge in [-0.05, 0) is 42.5 Å². The minimum Gasteiger partial charge on any atom is -0.388 e. The van der Waals surface area contributed by atoms with E-state index in [0.29, 0.717) is 5.92 Å². The highest BCUT2D eigenvalue weighted by molar-refractivity contribution is 9.11. The molecule has 15 heavy (non-hydrogen) atoms. The second-order valence-electron chi connectivity index (χ2n) is 4.19. The standard InChI is InChI=1S/C12H14Br2O/c13-10-5-9(6-11(14)7-10)12(15)8-3-1-2-4-8/h5-8,12,15H,1-4H2. The van der Waals surface area contributed by atoms with Crippen LogP contribution >= 0.6 is 31.9 Å². The second-order valence-corrected chi connectivity index (χ2v) is 6.02. The fraction of sp³-hybridized carbons (Fsp3) is 0.500. The zero-order valence-electron chi connectivity index (χ0n) is 8.42. The molecule has 0 amide bonds. The molecule has 0 aliphatic heterocycles. The van der Waals surface area contributed by atoms with Crippen LogP contribution in [0.4, 0.5) is 0 Å². The average molecular weight is 334 g/mol. The molecule has 1 aliphatic carbocycles. The average Bonchev–Trinajstić information content (AvgIpc) is 2.67. The van der Waals surface area contributed by atoms with Crippen molar-refractivity contribution in [1.82, 2.24) is 0 Å². The Morgan fingerprint density at radius 3 is 2.13 bits per heavy atom. The van der Waals surface area contributed by atoms with Gasteiger partial charge in [0.2, 0.25) is 0 Å². The first kappa shape index (κ1) is 11.6. The third-order valence-electron chi connectivity index (χ3n) is 3.07. The Balaban J connectivity index is 2.20. The number of hydrogen-bond donors (Lipinski definition) is 1. The summed E-state index contributed by atoms with van der Waals surface area (Å²) in [6, 6.07) is 6.01. The van der Waals surface area contributed by atoms with Crippen LogP contribution in [0.25, 0.3) is 0 Å². The van der Waals surface area contributed by atoms with Gasteiger partial charge in [0.05, 0.1) is 6.10 Å². The fourth-order valence-corrected chi connectivity index (χ4v) is 3.62. The number of benzene rings is 1. The summed E-state index contributed by atoms with van der Waals surface area (Å²) in [5.41, 5.74) is 1.02. The van der Waals surface area contributed by atoms with E-state index in [-0.39, 0.29) is 6.10 Å². The van der Waals surface area contributed by atoms with Gasteiger partial charge in [-0.25, -0.2) is 0 Å². The van der Waals surface area contributed by atoms with Crippen molar-refractivity contribution in [2.45, 2.75) is 31.8 Å². The molecule has 1 unspecified atom stereocenters. The van der Waals surface area contributed by atoms with E-state index in [1.54, 1.807) is 0 Å². The SMILES string of the molecule is OC(c1cc(Br)cc(Br)c1)C1CCCC1. The summed E-state index contributed by atoms with van der Waals surface area (Å²) in [5, 5.41) is 10.2. The number of aliphatic hydroxyl groups excluding tert-OH is 1. The Hall–Kier alpha value is 0.140. The molecule has 1 atom stereocenters. The molecule has 0 aromatic heterocycles. The van der Waals surface area contributed by atoms with Crippen LogP contribution in [-0.4, -0.2) is 5.11 Å². The molecule has 0 radical (unpaired) electrons. The van der Waals surface area contributed by atoms with Gasteiger partial charge in [0.15, 0.2) is 0 Å². The summed E-state index contributed by atoms with van der Waals surface area (Å²) in [4.78, 5) is 0. The van der Waals surface area contributed by atoms with Crippen molar-refractivity contribution < 1.29 is 5.11 Å². The quantitative estimate of drug-likeness (QED) is 0.848. The first-order valence-corrected chi connectivity index (χ1v) is 6.89. The Kier molecular flexibility index (Phi) is 3.86. The minimum absolute atomic E-state index is 0.304. The van der Waals surface area contributed by atoms with Gasteiger partial charge in [-0.2, -0.15) is 0 Å². The van der Waals surface area contributed by atoms with Crippen molar-refractivity contribution in [3.63, 3.8) is 0 Å². The summed E-state index contributed by atoms with van der Waals surface area (Å²) in [6.45, 7) is 0. The van der Waals surface area contributed by atoms with Gasteiger partial charge in [-0.15, -0.1) is 0 Å². The fourth-order valence-electron chi connectivity index (χ4n) is 2.29. The van der Waals surface area contributed by atoms with Crippen LogP contribution in [0.2, 0.25) is 0 Å². The maximum atomic E-state index is 10.2. The molecule has 1 nitrogen and oxygen atoms in total. The van der Waals surface area contributed by atoms with Crippen molar-refractivity contribution >= 4 is 31.9 Å². The summed E-state index contributed by atoms with van der Waals surface area (Å²) < 4.78 is 2.04. The van der Waals surface area contributed by atoms with Crippen LogP contribution in [0.5, 0.6) is 0 Å². The minimum atomic E-state index is -0.304. The molecule has 0 heterocycles. The predicted molar refractivity (Wildman–Crippen MR) is 68.8 cm³/mol. The highest BCUT2D eigenvalue weighted by atomic mass is 79.9. The van der Waals surface area contributed by atoms with E-state index in [1.165, 1.54) is 12.8 Å². The molecule has 1 aromatic carbocycles. The van der Waals surface area contributed by atoms with Crippen molar-refractivity contribution in [3.8, 4) is 0 Å². The third-order valence-corrected chi connectivity index (χ3v) is 3.99. The van der Waals surface area contributed by atoms with Gasteiger partial charge in [-0.3, -0.25) is 0 Å². The maximum absolute atomic E-state index is 10.2. The molecule has 82 valence electrons. The first-order valence-electron chi connectivity index (χ1n) is 5.31. The lowest BCUT2D eigenvalue weighted by Crippen LogP contribution is -2.08. The smallest absolute Gasteiger partial charge is 0.0818 e. The first-order chi connectivity index (χ1) is 7.16. The van der Waals surface area contributed by atoms with E-state index in [9.17, 15) is 5.11 Å². The highest BCUT2D eigenvalue weighted by Gasteiger charge is 2.24. The number of rotatable bonds is 2. The van der Waals surface area contributed by atoms with E-state index in [4.69, 9.17) is 0 Å². The molecular formula is C12H14Br2O. The lowest BCUT2D eigenvalue weighted by molar-refractivity contribution is 0.111. The van der Waals surface area contributed by atoms with E-state index in [0.717, 1.165) is 27.4 Å². The highest BCUT2D eigenvalue weighted by Crippen LogP contribution is 2.37. The monoisotopic (exact) mass is 332 g/mol. The zero-order chi connectivity index (χ0) is 10.8. The topological polar surface area (TPSA) is 20.2 Å². The van der Waals surface area contributed by atoms with Crippen LogP contribution in [-0.2, 0) is 0 Å². The van der Waals surface area contributed by atoms with Crippen LogP contribution in [0.1, 0.15) is 37.4 Å². The normalized spacial score (nSPS) is 19.4. The molecule has 2 rings (SSSR count). The van der Waals surface area contributed by atoms with Crippen LogP contribution < -0.4 is 0 Å². The van der Waals surface area contributed by atoms with Crippen molar-refractivity contribution in [2.75, 3.05) is 0 Å². The van der Waals surface area contributed by atoms with Crippen LogP contribution in [0, 0.1) is 5.92 Å². The molecule has 0 saturated heterocycles.